The van der Waals surface area contributed by atoms with Crippen LogP contribution in [0.5, 0.6) is 0 Å². The summed E-state index contributed by atoms with van der Waals surface area (Å²) in [6.07, 6.45) is 0. The van der Waals surface area contributed by atoms with E-state index in [1.807, 2.05) is 32.0 Å². The van der Waals surface area contributed by atoms with Gasteiger partial charge in [-0.15, -0.1) is 0 Å². The Morgan fingerprint density at radius 2 is 1.62 bits per heavy atom. The fraction of sp³-hybridized carbons (Fsp3) is 0.250. The second-order valence-electron chi connectivity index (χ2n) is 5.84. The molecule has 0 saturated heterocycles. The molecular weight excluding hydrogens is 334 g/mol. The maximum atomic E-state index is 12.0. The Balaban J connectivity index is 1.85. The molecule has 2 rings (SSSR count). The summed E-state index contributed by atoms with van der Waals surface area (Å²) in [7, 11) is 1.26. The molecule has 136 valence electrons. The Morgan fingerprint density at radius 3 is 2.27 bits per heavy atom. The Morgan fingerprint density at radius 1 is 0.923 bits per heavy atom. The average Bonchev–Trinajstić information content (AvgIpc) is 2.66. The largest absolute Gasteiger partial charge is 0.465 e. The zero-order chi connectivity index (χ0) is 19.1. The molecule has 0 heterocycles. The Labute approximate surface area is 152 Å². The number of carbonyl (C=O) groups is 3. The van der Waals surface area contributed by atoms with Gasteiger partial charge in [0.2, 0.25) is 0 Å². The number of esters is 2. The molecule has 0 unspecified atom stereocenters. The van der Waals surface area contributed by atoms with Gasteiger partial charge in [-0.05, 0) is 48.7 Å². The summed E-state index contributed by atoms with van der Waals surface area (Å²) >= 11 is 0. The van der Waals surface area contributed by atoms with E-state index in [1.54, 1.807) is 6.07 Å². The molecule has 0 fully saturated rings. The van der Waals surface area contributed by atoms with Crippen LogP contribution in [0.15, 0.2) is 42.5 Å². The van der Waals surface area contributed by atoms with E-state index in [0.717, 1.165) is 11.1 Å². The van der Waals surface area contributed by atoms with Gasteiger partial charge in [-0.3, -0.25) is 4.79 Å². The van der Waals surface area contributed by atoms with Crippen LogP contribution in [-0.4, -0.2) is 31.6 Å². The molecule has 0 aliphatic carbocycles. The lowest BCUT2D eigenvalue weighted by Crippen LogP contribution is -2.28. The van der Waals surface area contributed by atoms with Gasteiger partial charge in [-0.25, -0.2) is 9.59 Å². The predicted molar refractivity (Wildman–Crippen MR) is 95.8 cm³/mol. The minimum atomic E-state index is -0.683. The highest BCUT2D eigenvalue weighted by molar-refractivity contribution is 5.96. The monoisotopic (exact) mass is 355 g/mol. The molecular formula is C20H21NO5. The lowest BCUT2D eigenvalue weighted by atomic mass is 10.1. The van der Waals surface area contributed by atoms with Crippen LogP contribution in [0.1, 0.15) is 37.4 Å². The highest BCUT2D eigenvalue weighted by atomic mass is 16.5. The van der Waals surface area contributed by atoms with Crippen LogP contribution in [0.4, 0.5) is 0 Å². The fourth-order valence-corrected chi connectivity index (χ4v) is 2.27. The molecule has 0 saturated carbocycles. The number of ether oxygens (including phenoxy) is 2. The van der Waals surface area contributed by atoms with Crippen molar-refractivity contribution in [3.63, 3.8) is 0 Å². The zero-order valence-electron chi connectivity index (χ0n) is 15.0. The van der Waals surface area contributed by atoms with Gasteiger partial charge in [0.15, 0.2) is 6.61 Å². The predicted octanol–water partition coefficient (Wildman–Crippen LogP) is 2.56. The molecule has 2 aromatic rings. The van der Waals surface area contributed by atoms with Crippen molar-refractivity contribution in [2.45, 2.75) is 20.4 Å². The normalized spacial score (nSPS) is 10.1. The van der Waals surface area contributed by atoms with Gasteiger partial charge in [0.25, 0.3) is 5.91 Å². The van der Waals surface area contributed by atoms with Gasteiger partial charge >= 0.3 is 11.9 Å². The van der Waals surface area contributed by atoms with Gasteiger partial charge < -0.3 is 14.8 Å². The molecule has 1 amide bonds. The number of carbonyl (C=O) groups excluding carboxylic acids is 3. The first kappa shape index (κ1) is 19.2. The lowest BCUT2D eigenvalue weighted by molar-refractivity contribution is -0.124. The molecule has 0 aliphatic rings. The third-order valence-corrected chi connectivity index (χ3v) is 3.91. The number of methoxy groups -OCH3 is 1. The molecule has 0 atom stereocenters. The van der Waals surface area contributed by atoms with Gasteiger partial charge in [-0.2, -0.15) is 0 Å². The molecule has 6 heteroatoms. The summed E-state index contributed by atoms with van der Waals surface area (Å²) in [5.74, 6) is -1.64. The number of hydrogen-bond donors (Lipinski definition) is 1. The smallest absolute Gasteiger partial charge is 0.338 e. The van der Waals surface area contributed by atoms with Crippen LogP contribution in [0.25, 0.3) is 0 Å². The fourth-order valence-electron chi connectivity index (χ4n) is 2.27. The Hall–Kier alpha value is -3.15. The van der Waals surface area contributed by atoms with Crippen molar-refractivity contribution in [3.05, 3.63) is 70.3 Å². The Bertz CT molecular complexity index is 829. The Kier molecular flexibility index (Phi) is 6.49. The summed E-state index contributed by atoms with van der Waals surface area (Å²) in [6.45, 7) is 3.98. The van der Waals surface area contributed by atoms with E-state index in [9.17, 15) is 14.4 Å². The molecule has 0 spiro atoms. The van der Waals surface area contributed by atoms with Crippen molar-refractivity contribution in [2.75, 3.05) is 13.7 Å². The van der Waals surface area contributed by atoms with Gasteiger partial charge in [0, 0.05) is 6.54 Å². The lowest BCUT2D eigenvalue weighted by Gasteiger charge is -2.09. The van der Waals surface area contributed by atoms with Crippen LogP contribution in [0.2, 0.25) is 0 Å². The van der Waals surface area contributed by atoms with Gasteiger partial charge in [-0.1, -0.05) is 24.3 Å². The number of rotatable bonds is 6. The highest BCUT2D eigenvalue weighted by Gasteiger charge is 2.13. The molecule has 6 nitrogen and oxygen atoms in total. The van der Waals surface area contributed by atoms with E-state index in [2.05, 4.69) is 10.1 Å². The van der Waals surface area contributed by atoms with Crippen molar-refractivity contribution in [1.82, 2.24) is 5.32 Å². The third-order valence-electron chi connectivity index (χ3n) is 3.91. The summed E-state index contributed by atoms with van der Waals surface area (Å²) in [5.41, 5.74) is 3.71. The SMILES string of the molecule is COC(=O)c1cccc(C(=O)OCC(=O)NCc2ccc(C)c(C)c2)c1. The van der Waals surface area contributed by atoms with Gasteiger partial charge in [0.1, 0.15) is 0 Å². The third kappa shape index (κ3) is 5.17. The van der Waals surface area contributed by atoms with Crippen molar-refractivity contribution < 1.29 is 23.9 Å². The highest BCUT2D eigenvalue weighted by Crippen LogP contribution is 2.10. The zero-order valence-corrected chi connectivity index (χ0v) is 15.0. The van der Waals surface area contributed by atoms with E-state index in [4.69, 9.17) is 4.74 Å². The van der Waals surface area contributed by atoms with Crippen LogP contribution in [-0.2, 0) is 20.8 Å². The molecule has 0 bridgehead atoms. The molecule has 0 radical (unpaired) electrons. The van der Waals surface area contributed by atoms with Crippen molar-refractivity contribution in [3.8, 4) is 0 Å². The summed E-state index contributed by atoms with van der Waals surface area (Å²) in [5, 5.41) is 2.70. The first-order valence-corrected chi connectivity index (χ1v) is 8.09. The second-order valence-corrected chi connectivity index (χ2v) is 5.84. The maximum Gasteiger partial charge on any atom is 0.338 e. The van der Waals surface area contributed by atoms with Crippen LogP contribution in [0, 0.1) is 13.8 Å². The molecule has 0 aromatic heterocycles. The van der Waals surface area contributed by atoms with E-state index >= 15 is 0 Å². The van der Waals surface area contributed by atoms with Gasteiger partial charge in [0.05, 0.1) is 18.2 Å². The van der Waals surface area contributed by atoms with Crippen LogP contribution in [0.3, 0.4) is 0 Å². The standard InChI is InChI=1S/C20H21NO5/c1-13-7-8-15(9-14(13)2)11-21-18(22)12-26-20(24)17-6-4-5-16(10-17)19(23)25-3/h4-10H,11-12H2,1-3H3,(H,21,22). The van der Waals surface area contributed by atoms with E-state index in [1.165, 1.54) is 30.9 Å². The molecule has 0 aliphatic heterocycles. The number of nitrogens with one attached hydrogen (secondary N) is 1. The van der Waals surface area contributed by atoms with Crippen molar-refractivity contribution in [2.24, 2.45) is 0 Å². The van der Waals surface area contributed by atoms with E-state index in [0.29, 0.717) is 6.54 Å². The quantitative estimate of drug-likeness (QED) is 0.806. The molecule has 26 heavy (non-hydrogen) atoms. The summed E-state index contributed by atoms with van der Waals surface area (Å²) in [6, 6.07) is 11.9. The second kappa shape index (κ2) is 8.80. The average molecular weight is 355 g/mol. The first-order chi connectivity index (χ1) is 12.4. The molecule has 1 N–H and O–H groups in total. The number of benzene rings is 2. The number of aryl methyl sites for hydroxylation is 2. The first-order valence-electron chi connectivity index (χ1n) is 8.09. The van der Waals surface area contributed by atoms with Crippen molar-refractivity contribution >= 4 is 17.8 Å². The van der Waals surface area contributed by atoms with Crippen molar-refractivity contribution in [1.29, 1.82) is 0 Å². The van der Waals surface area contributed by atoms with Crippen LogP contribution >= 0.6 is 0 Å². The van der Waals surface area contributed by atoms with E-state index in [-0.39, 0.29) is 11.1 Å². The number of hydrogen-bond acceptors (Lipinski definition) is 5. The topological polar surface area (TPSA) is 81.7 Å². The maximum absolute atomic E-state index is 12.0. The summed E-state index contributed by atoms with van der Waals surface area (Å²) < 4.78 is 9.59. The summed E-state index contributed by atoms with van der Waals surface area (Å²) in [4.78, 5) is 35.4. The van der Waals surface area contributed by atoms with Crippen LogP contribution < -0.4 is 5.32 Å². The van der Waals surface area contributed by atoms with E-state index < -0.39 is 24.5 Å². The minimum Gasteiger partial charge on any atom is -0.465 e. The molecule has 2 aromatic carbocycles. The minimum absolute atomic E-state index is 0.176. The number of amides is 1.